The second-order valence-electron chi connectivity index (χ2n) is 8.57. The Hall–Kier alpha value is -3.15. The van der Waals surface area contributed by atoms with E-state index in [9.17, 15) is 14.4 Å². The Kier molecular flexibility index (Phi) is 6.07. The third kappa shape index (κ3) is 4.48. The van der Waals surface area contributed by atoms with Crippen LogP contribution in [0.25, 0.3) is 0 Å². The molecule has 0 aromatic heterocycles. The molecule has 31 heavy (non-hydrogen) atoms. The smallest absolute Gasteiger partial charge is 0.229 e. The van der Waals surface area contributed by atoms with E-state index in [0.717, 1.165) is 16.9 Å². The molecule has 0 N–H and O–H groups in total. The molecule has 2 fully saturated rings. The van der Waals surface area contributed by atoms with Crippen molar-refractivity contribution < 1.29 is 14.4 Å². The first kappa shape index (κ1) is 21.1. The summed E-state index contributed by atoms with van der Waals surface area (Å²) in [5.74, 6) is -0.265. The Balaban J connectivity index is 1.33. The first-order valence-electron chi connectivity index (χ1n) is 10.9. The van der Waals surface area contributed by atoms with Crippen LogP contribution in [0.15, 0.2) is 54.6 Å². The number of amides is 3. The normalized spacial score (nSPS) is 19.5. The molecule has 0 aliphatic carbocycles. The van der Waals surface area contributed by atoms with Gasteiger partial charge >= 0.3 is 0 Å². The number of nitrogens with zero attached hydrogens (tertiary/aromatic N) is 3. The number of carbonyl (C=O) groups is 3. The Labute approximate surface area is 183 Å². The molecular weight excluding hydrogens is 390 g/mol. The number of para-hydroxylation sites is 1. The van der Waals surface area contributed by atoms with Gasteiger partial charge in [-0.1, -0.05) is 35.9 Å². The van der Waals surface area contributed by atoms with Crippen molar-refractivity contribution >= 4 is 29.1 Å². The van der Waals surface area contributed by atoms with Crippen LogP contribution in [0.5, 0.6) is 0 Å². The van der Waals surface area contributed by atoms with Gasteiger partial charge in [-0.3, -0.25) is 14.4 Å². The van der Waals surface area contributed by atoms with Crippen molar-refractivity contribution in [3.63, 3.8) is 0 Å². The van der Waals surface area contributed by atoms with Gasteiger partial charge in [0.1, 0.15) is 0 Å². The SMILES string of the molecule is Cc1ccc(N2CC(C(=O)N3CCC(C(=O)N(C)c4ccccc4)CC3)CC2=O)cc1. The maximum Gasteiger partial charge on any atom is 0.229 e. The summed E-state index contributed by atoms with van der Waals surface area (Å²) < 4.78 is 0. The maximum absolute atomic E-state index is 13.1. The predicted octanol–water partition coefficient (Wildman–Crippen LogP) is 3.25. The molecule has 0 radical (unpaired) electrons. The summed E-state index contributed by atoms with van der Waals surface area (Å²) in [6.07, 6.45) is 1.57. The molecule has 2 aromatic rings. The van der Waals surface area contributed by atoms with Crippen LogP contribution in [0, 0.1) is 18.8 Å². The van der Waals surface area contributed by atoms with Gasteiger partial charge in [0.25, 0.3) is 0 Å². The highest BCUT2D eigenvalue weighted by Gasteiger charge is 2.39. The molecule has 2 saturated heterocycles. The Morgan fingerprint density at radius 3 is 2.23 bits per heavy atom. The fraction of sp³-hybridized carbons (Fsp3) is 0.400. The number of piperidine rings is 1. The largest absolute Gasteiger partial charge is 0.342 e. The average molecular weight is 420 g/mol. The molecular formula is C25H29N3O3. The number of aryl methyl sites for hydroxylation is 1. The van der Waals surface area contributed by atoms with Crippen LogP contribution in [0.1, 0.15) is 24.8 Å². The average Bonchev–Trinajstić information content (AvgIpc) is 3.20. The number of benzene rings is 2. The predicted molar refractivity (Wildman–Crippen MR) is 121 cm³/mol. The molecule has 3 amide bonds. The van der Waals surface area contributed by atoms with Gasteiger partial charge in [-0.15, -0.1) is 0 Å². The highest BCUT2D eigenvalue weighted by Crippen LogP contribution is 2.29. The molecule has 6 heteroatoms. The lowest BCUT2D eigenvalue weighted by molar-refractivity contribution is -0.138. The molecule has 1 unspecified atom stereocenters. The fourth-order valence-electron chi connectivity index (χ4n) is 4.50. The molecule has 4 rings (SSSR count). The minimum Gasteiger partial charge on any atom is -0.342 e. The summed E-state index contributed by atoms with van der Waals surface area (Å²) in [7, 11) is 1.80. The van der Waals surface area contributed by atoms with Crippen LogP contribution >= 0.6 is 0 Å². The first-order chi connectivity index (χ1) is 14.9. The maximum atomic E-state index is 13.1. The van der Waals surface area contributed by atoms with E-state index in [1.54, 1.807) is 16.8 Å². The molecule has 0 spiro atoms. The Morgan fingerprint density at radius 2 is 1.58 bits per heavy atom. The van der Waals surface area contributed by atoms with E-state index in [-0.39, 0.29) is 36.0 Å². The van der Waals surface area contributed by atoms with Gasteiger partial charge in [0.15, 0.2) is 0 Å². The second-order valence-corrected chi connectivity index (χ2v) is 8.57. The monoisotopic (exact) mass is 419 g/mol. The summed E-state index contributed by atoms with van der Waals surface area (Å²) in [6, 6.07) is 17.4. The highest BCUT2D eigenvalue weighted by atomic mass is 16.2. The third-order valence-electron chi connectivity index (χ3n) is 6.45. The van der Waals surface area contributed by atoms with Gasteiger partial charge in [-0.2, -0.15) is 0 Å². The summed E-state index contributed by atoms with van der Waals surface area (Å²) >= 11 is 0. The third-order valence-corrected chi connectivity index (χ3v) is 6.45. The molecule has 2 aliphatic rings. The Morgan fingerprint density at radius 1 is 0.935 bits per heavy atom. The lowest BCUT2D eigenvalue weighted by atomic mass is 9.94. The van der Waals surface area contributed by atoms with Crippen LogP contribution in [0.3, 0.4) is 0 Å². The molecule has 162 valence electrons. The van der Waals surface area contributed by atoms with Crippen LogP contribution < -0.4 is 9.80 Å². The number of anilines is 2. The zero-order chi connectivity index (χ0) is 22.0. The van der Waals surface area contributed by atoms with E-state index in [2.05, 4.69) is 0 Å². The number of rotatable bonds is 4. The minimum atomic E-state index is -0.312. The molecule has 2 heterocycles. The number of hydrogen-bond donors (Lipinski definition) is 0. The van der Waals surface area contributed by atoms with E-state index in [1.165, 1.54) is 0 Å². The van der Waals surface area contributed by atoms with Crippen molar-refractivity contribution in [1.29, 1.82) is 0 Å². The van der Waals surface area contributed by atoms with E-state index < -0.39 is 0 Å². The molecule has 2 aliphatic heterocycles. The summed E-state index contributed by atoms with van der Waals surface area (Å²) in [5, 5.41) is 0. The molecule has 0 saturated carbocycles. The van der Waals surface area contributed by atoms with Crippen molar-refractivity contribution in [2.45, 2.75) is 26.2 Å². The van der Waals surface area contributed by atoms with E-state index in [1.807, 2.05) is 66.4 Å². The highest BCUT2D eigenvalue weighted by molar-refractivity contribution is 6.00. The minimum absolute atomic E-state index is 0.00301. The number of likely N-dealkylation sites (tertiary alicyclic amines) is 1. The summed E-state index contributed by atoms with van der Waals surface area (Å²) in [4.78, 5) is 43.7. The van der Waals surface area contributed by atoms with Crippen LogP contribution in [-0.2, 0) is 14.4 Å². The lowest BCUT2D eigenvalue weighted by Gasteiger charge is -2.34. The van der Waals surface area contributed by atoms with Gasteiger partial charge in [0.2, 0.25) is 17.7 Å². The van der Waals surface area contributed by atoms with Crippen molar-refractivity contribution in [1.82, 2.24) is 4.90 Å². The molecule has 6 nitrogen and oxygen atoms in total. The van der Waals surface area contributed by atoms with Gasteiger partial charge in [0, 0.05) is 50.4 Å². The number of carbonyl (C=O) groups excluding carboxylic acids is 3. The Bertz CT molecular complexity index is 950. The fourth-order valence-corrected chi connectivity index (χ4v) is 4.50. The number of hydrogen-bond acceptors (Lipinski definition) is 3. The van der Waals surface area contributed by atoms with Gasteiger partial charge in [-0.05, 0) is 44.0 Å². The van der Waals surface area contributed by atoms with Gasteiger partial charge in [-0.25, -0.2) is 0 Å². The van der Waals surface area contributed by atoms with Crippen LogP contribution in [-0.4, -0.2) is 49.3 Å². The van der Waals surface area contributed by atoms with Crippen molar-refractivity contribution in [2.75, 3.05) is 36.5 Å². The lowest BCUT2D eigenvalue weighted by Crippen LogP contribution is -2.45. The van der Waals surface area contributed by atoms with Crippen molar-refractivity contribution in [3.8, 4) is 0 Å². The molecule has 1 atom stereocenters. The van der Waals surface area contributed by atoms with Gasteiger partial charge in [0.05, 0.1) is 5.92 Å². The van der Waals surface area contributed by atoms with E-state index in [0.29, 0.717) is 32.5 Å². The first-order valence-corrected chi connectivity index (χ1v) is 10.9. The van der Waals surface area contributed by atoms with Crippen LogP contribution in [0.2, 0.25) is 0 Å². The van der Waals surface area contributed by atoms with Crippen LogP contribution in [0.4, 0.5) is 11.4 Å². The standard InChI is InChI=1S/C25H29N3O3/c1-18-8-10-22(11-9-18)28-17-20(16-23(28)29)25(31)27-14-12-19(13-15-27)24(30)26(2)21-6-4-3-5-7-21/h3-11,19-20H,12-17H2,1-2H3. The second kappa shape index (κ2) is 8.92. The van der Waals surface area contributed by atoms with Crippen molar-refractivity contribution in [2.24, 2.45) is 11.8 Å². The quantitative estimate of drug-likeness (QED) is 0.764. The summed E-state index contributed by atoms with van der Waals surface area (Å²) in [6.45, 7) is 3.56. The zero-order valence-electron chi connectivity index (χ0n) is 18.2. The van der Waals surface area contributed by atoms with E-state index in [4.69, 9.17) is 0 Å². The topological polar surface area (TPSA) is 60.9 Å². The zero-order valence-corrected chi connectivity index (χ0v) is 18.2. The van der Waals surface area contributed by atoms with Crippen molar-refractivity contribution in [3.05, 3.63) is 60.2 Å². The molecule has 0 bridgehead atoms. The van der Waals surface area contributed by atoms with E-state index >= 15 is 0 Å². The summed E-state index contributed by atoms with van der Waals surface area (Å²) in [5.41, 5.74) is 2.86. The molecule has 2 aromatic carbocycles. The van der Waals surface area contributed by atoms with Gasteiger partial charge < -0.3 is 14.7 Å².